The van der Waals surface area contributed by atoms with E-state index in [-0.39, 0.29) is 6.54 Å². The van der Waals surface area contributed by atoms with Gasteiger partial charge in [0.15, 0.2) is 0 Å². The number of methoxy groups -OCH3 is 1. The lowest BCUT2D eigenvalue weighted by Crippen LogP contribution is -2.47. The molecule has 0 aromatic rings. The van der Waals surface area contributed by atoms with Crippen LogP contribution in [0, 0.1) is 5.92 Å². The minimum Gasteiger partial charge on any atom is -0.480 e. The Morgan fingerprint density at radius 1 is 0.833 bits per heavy atom. The lowest BCUT2D eigenvalue weighted by Gasteiger charge is -2.26. The summed E-state index contributed by atoms with van der Waals surface area (Å²) in [6.07, 6.45) is 4.87. The summed E-state index contributed by atoms with van der Waals surface area (Å²) in [5.74, 6) is -1.57. The second-order valence-electron chi connectivity index (χ2n) is 10.5. The molecule has 1 rings (SSSR count). The summed E-state index contributed by atoms with van der Waals surface area (Å²) in [5, 5.41) is 15.3. The molecule has 0 heterocycles. The predicted molar refractivity (Wildman–Crippen MR) is 131 cm³/mol. The maximum atomic E-state index is 12.0. The lowest BCUT2D eigenvalue weighted by molar-refractivity contribution is -0.145. The number of alkyl carbamates (subject to hydrolysis) is 2. The van der Waals surface area contributed by atoms with E-state index in [1.54, 1.807) is 41.5 Å². The van der Waals surface area contributed by atoms with Crippen molar-refractivity contribution in [2.24, 2.45) is 5.92 Å². The van der Waals surface area contributed by atoms with E-state index in [4.69, 9.17) is 19.3 Å². The molecular formula is C24H43N3O9. The van der Waals surface area contributed by atoms with Gasteiger partial charge in [0, 0.05) is 0 Å². The number of aliphatic carboxylic acids is 1. The molecule has 0 aliphatic heterocycles. The Morgan fingerprint density at radius 3 is 1.72 bits per heavy atom. The first-order valence-electron chi connectivity index (χ1n) is 12.0. The third-order valence-electron chi connectivity index (χ3n) is 4.69. The average Bonchev–Trinajstić information content (AvgIpc) is 2.74. The van der Waals surface area contributed by atoms with Crippen LogP contribution in [0.3, 0.4) is 0 Å². The third kappa shape index (κ3) is 18.3. The number of carboxylic acids is 1. The second kappa shape index (κ2) is 15.8. The number of amides is 3. The zero-order valence-electron chi connectivity index (χ0n) is 22.5. The molecular weight excluding hydrogens is 474 g/mol. The van der Waals surface area contributed by atoms with Crippen LogP contribution >= 0.6 is 0 Å². The smallest absolute Gasteiger partial charge is 0.408 e. The number of carbonyl (C=O) groups excluding carboxylic acids is 4. The standard InChI is InChI=1S/C17H30N2O5.C7H13NO4/c1-17(2,3)24-16(22)18-11-14(20)19-13(15(21)23-4)10-12-8-6-5-7-9-12;1-7(2,3)12-6(11)8-4-5(9)10/h12-13H,5-11H2,1-4H3,(H,18,22)(H,19,20);4H2,1-3H3,(H,8,11)(H,9,10)/t13-;/m1./s1. The summed E-state index contributed by atoms with van der Waals surface area (Å²) < 4.78 is 14.6. The zero-order chi connectivity index (χ0) is 27.9. The monoisotopic (exact) mass is 517 g/mol. The minimum absolute atomic E-state index is 0.243. The highest BCUT2D eigenvalue weighted by molar-refractivity contribution is 5.87. The number of hydrogen-bond acceptors (Lipinski definition) is 8. The van der Waals surface area contributed by atoms with Crippen molar-refractivity contribution in [3.05, 3.63) is 0 Å². The molecule has 0 unspecified atom stereocenters. The molecule has 12 nitrogen and oxygen atoms in total. The number of nitrogens with one attached hydrogen (secondary N) is 3. The van der Waals surface area contributed by atoms with Crippen molar-refractivity contribution in [2.75, 3.05) is 20.2 Å². The SMILES string of the molecule is CC(C)(C)OC(=O)NCC(=O)O.COC(=O)[C@@H](CC1CCCCC1)NC(=O)CNC(=O)OC(C)(C)C. The summed E-state index contributed by atoms with van der Waals surface area (Å²) in [4.78, 5) is 56.2. The van der Waals surface area contributed by atoms with Crippen molar-refractivity contribution in [3.8, 4) is 0 Å². The molecule has 1 saturated carbocycles. The quantitative estimate of drug-likeness (QED) is 0.279. The fraction of sp³-hybridized carbons (Fsp3) is 0.792. The van der Waals surface area contributed by atoms with Crippen molar-refractivity contribution >= 4 is 30.0 Å². The Hall–Kier alpha value is -3.05. The van der Waals surface area contributed by atoms with E-state index in [1.807, 2.05) is 0 Å². The molecule has 4 N–H and O–H groups in total. The van der Waals surface area contributed by atoms with Gasteiger partial charge in [0.1, 0.15) is 30.3 Å². The number of carbonyl (C=O) groups is 5. The van der Waals surface area contributed by atoms with Crippen LogP contribution in [0.1, 0.15) is 80.1 Å². The number of esters is 1. The van der Waals surface area contributed by atoms with Crippen LogP contribution in [0.15, 0.2) is 0 Å². The third-order valence-corrected chi connectivity index (χ3v) is 4.69. The van der Waals surface area contributed by atoms with Gasteiger partial charge in [0.2, 0.25) is 5.91 Å². The molecule has 1 fully saturated rings. The van der Waals surface area contributed by atoms with Crippen LogP contribution < -0.4 is 16.0 Å². The van der Waals surface area contributed by atoms with Gasteiger partial charge in [-0.15, -0.1) is 0 Å². The Balaban J connectivity index is 0.000000860. The number of ether oxygens (including phenoxy) is 3. The summed E-state index contributed by atoms with van der Waals surface area (Å²) >= 11 is 0. The van der Waals surface area contributed by atoms with Crippen LogP contribution in [0.2, 0.25) is 0 Å². The van der Waals surface area contributed by atoms with Crippen molar-refractivity contribution in [2.45, 2.75) is 97.3 Å². The van der Waals surface area contributed by atoms with E-state index >= 15 is 0 Å². The van der Waals surface area contributed by atoms with Crippen LogP contribution in [-0.2, 0) is 28.6 Å². The van der Waals surface area contributed by atoms with Crippen molar-refractivity contribution < 1.29 is 43.3 Å². The number of carboxylic acid groups (broad SMARTS) is 1. The van der Waals surface area contributed by atoms with Gasteiger partial charge in [-0.1, -0.05) is 32.1 Å². The van der Waals surface area contributed by atoms with Gasteiger partial charge in [-0.05, 0) is 53.9 Å². The van der Waals surface area contributed by atoms with Crippen LogP contribution in [0.4, 0.5) is 9.59 Å². The van der Waals surface area contributed by atoms with E-state index < -0.39 is 53.8 Å². The van der Waals surface area contributed by atoms with E-state index in [2.05, 4.69) is 16.0 Å². The average molecular weight is 518 g/mol. The normalized spacial score (nSPS) is 14.8. The Morgan fingerprint density at radius 2 is 1.31 bits per heavy atom. The molecule has 0 aromatic carbocycles. The van der Waals surface area contributed by atoms with Gasteiger partial charge in [0.25, 0.3) is 0 Å². The Labute approximate surface area is 213 Å². The van der Waals surface area contributed by atoms with Gasteiger partial charge < -0.3 is 35.3 Å². The molecule has 36 heavy (non-hydrogen) atoms. The highest BCUT2D eigenvalue weighted by Gasteiger charge is 2.27. The van der Waals surface area contributed by atoms with Crippen LogP contribution in [-0.4, -0.2) is 72.6 Å². The largest absolute Gasteiger partial charge is 0.480 e. The van der Waals surface area contributed by atoms with Crippen LogP contribution in [0.25, 0.3) is 0 Å². The number of rotatable bonds is 8. The summed E-state index contributed by atoms with van der Waals surface area (Å²) in [7, 11) is 1.31. The molecule has 1 aliphatic carbocycles. The van der Waals surface area contributed by atoms with Crippen molar-refractivity contribution in [3.63, 3.8) is 0 Å². The molecule has 208 valence electrons. The fourth-order valence-corrected chi connectivity index (χ4v) is 3.29. The maximum Gasteiger partial charge on any atom is 0.408 e. The van der Waals surface area contributed by atoms with Gasteiger partial charge in [0.05, 0.1) is 7.11 Å². The minimum atomic E-state index is -1.10. The first-order chi connectivity index (χ1) is 16.5. The molecule has 1 atom stereocenters. The highest BCUT2D eigenvalue weighted by Crippen LogP contribution is 2.27. The molecule has 0 bridgehead atoms. The predicted octanol–water partition coefficient (Wildman–Crippen LogP) is 2.74. The van der Waals surface area contributed by atoms with E-state index in [1.165, 1.54) is 13.5 Å². The molecule has 0 radical (unpaired) electrons. The summed E-state index contributed by atoms with van der Waals surface area (Å²) in [5.41, 5.74) is -1.22. The second-order valence-corrected chi connectivity index (χ2v) is 10.5. The van der Waals surface area contributed by atoms with E-state index in [9.17, 15) is 24.0 Å². The fourth-order valence-electron chi connectivity index (χ4n) is 3.29. The molecule has 0 aromatic heterocycles. The highest BCUT2D eigenvalue weighted by atomic mass is 16.6. The van der Waals surface area contributed by atoms with Crippen molar-refractivity contribution in [1.82, 2.24) is 16.0 Å². The molecule has 12 heteroatoms. The van der Waals surface area contributed by atoms with E-state index in [0.29, 0.717) is 12.3 Å². The van der Waals surface area contributed by atoms with Crippen molar-refractivity contribution in [1.29, 1.82) is 0 Å². The van der Waals surface area contributed by atoms with Gasteiger partial charge >= 0.3 is 24.1 Å². The topological polar surface area (TPSA) is 169 Å². The van der Waals surface area contributed by atoms with Gasteiger partial charge in [-0.25, -0.2) is 14.4 Å². The van der Waals surface area contributed by atoms with Crippen LogP contribution in [0.5, 0.6) is 0 Å². The van der Waals surface area contributed by atoms with E-state index in [0.717, 1.165) is 25.7 Å². The lowest BCUT2D eigenvalue weighted by atomic mass is 9.85. The first kappa shape index (κ1) is 33.0. The van der Waals surface area contributed by atoms with Gasteiger partial charge in [-0.2, -0.15) is 0 Å². The number of hydrogen-bond donors (Lipinski definition) is 4. The molecule has 3 amide bonds. The Kier molecular flexibility index (Phi) is 14.5. The maximum absolute atomic E-state index is 12.0. The zero-order valence-corrected chi connectivity index (χ0v) is 22.5. The molecule has 0 saturated heterocycles. The Bertz CT molecular complexity index is 736. The first-order valence-corrected chi connectivity index (χ1v) is 12.0. The molecule has 0 spiro atoms. The van der Waals surface area contributed by atoms with Gasteiger partial charge in [-0.3, -0.25) is 9.59 Å². The summed E-state index contributed by atoms with van der Waals surface area (Å²) in [6.45, 7) is 9.66. The molecule has 1 aliphatic rings. The summed E-state index contributed by atoms with van der Waals surface area (Å²) in [6, 6.07) is -0.675.